The van der Waals surface area contributed by atoms with Crippen molar-refractivity contribution in [2.45, 2.75) is 0 Å². The van der Waals surface area contributed by atoms with Crippen molar-refractivity contribution in [2.24, 2.45) is 0 Å². The SMILES string of the molecule is COCCN(C)c1ccc(Nc2nc(Oc3cccc(N)c3)c3cc[nH]c3n2)cc1. The van der Waals surface area contributed by atoms with Crippen molar-refractivity contribution < 1.29 is 9.47 Å². The monoisotopic (exact) mass is 404 g/mol. The topological polar surface area (TPSA) is 101 Å². The van der Waals surface area contributed by atoms with Crippen LogP contribution in [0, 0.1) is 0 Å². The number of fused-ring (bicyclic) bond motifs is 1. The first-order chi connectivity index (χ1) is 14.6. The van der Waals surface area contributed by atoms with Gasteiger partial charge in [0.25, 0.3) is 0 Å². The van der Waals surface area contributed by atoms with E-state index >= 15 is 0 Å². The minimum absolute atomic E-state index is 0.435. The van der Waals surface area contributed by atoms with Crippen LogP contribution in [0.2, 0.25) is 0 Å². The number of aromatic amines is 1. The Morgan fingerprint density at radius 2 is 1.93 bits per heavy atom. The van der Waals surface area contributed by atoms with Crippen LogP contribution >= 0.6 is 0 Å². The number of nitrogen functional groups attached to an aromatic ring is 1. The highest BCUT2D eigenvalue weighted by atomic mass is 16.5. The number of anilines is 4. The Balaban J connectivity index is 1.56. The second-order valence-electron chi connectivity index (χ2n) is 6.85. The number of rotatable bonds is 8. The van der Waals surface area contributed by atoms with Gasteiger partial charge in [-0.05, 0) is 42.5 Å². The highest BCUT2D eigenvalue weighted by Crippen LogP contribution is 2.30. The first-order valence-electron chi connectivity index (χ1n) is 9.58. The van der Waals surface area contributed by atoms with Gasteiger partial charge in [-0.1, -0.05) is 6.07 Å². The third-order valence-electron chi connectivity index (χ3n) is 4.65. The molecule has 2 aromatic heterocycles. The maximum Gasteiger partial charge on any atom is 0.233 e. The summed E-state index contributed by atoms with van der Waals surface area (Å²) in [5.74, 6) is 1.50. The summed E-state index contributed by atoms with van der Waals surface area (Å²) in [5, 5.41) is 4.03. The van der Waals surface area contributed by atoms with E-state index in [9.17, 15) is 0 Å². The van der Waals surface area contributed by atoms with E-state index in [0.29, 0.717) is 35.5 Å². The number of H-pyrrole nitrogens is 1. The normalized spacial score (nSPS) is 10.9. The van der Waals surface area contributed by atoms with Crippen molar-refractivity contribution in [3.05, 3.63) is 60.8 Å². The van der Waals surface area contributed by atoms with Gasteiger partial charge in [-0.15, -0.1) is 0 Å². The molecular weight excluding hydrogens is 380 g/mol. The Labute approximate surface area is 174 Å². The summed E-state index contributed by atoms with van der Waals surface area (Å²) in [6.45, 7) is 1.50. The number of likely N-dealkylation sites (N-methyl/N-ethyl adjacent to an activating group) is 1. The number of hydrogen-bond acceptors (Lipinski definition) is 7. The summed E-state index contributed by atoms with van der Waals surface area (Å²) >= 11 is 0. The van der Waals surface area contributed by atoms with E-state index in [1.807, 2.05) is 55.6 Å². The van der Waals surface area contributed by atoms with Crippen LogP contribution in [0.3, 0.4) is 0 Å². The second-order valence-corrected chi connectivity index (χ2v) is 6.85. The van der Waals surface area contributed by atoms with E-state index in [-0.39, 0.29) is 0 Å². The van der Waals surface area contributed by atoms with Crippen LogP contribution in [-0.2, 0) is 4.74 Å². The number of methoxy groups -OCH3 is 1. The molecule has 0 radical (unpaired) electrons. The number of aromatic nitrogens is 3. The molecule has 0 atom stereocenters. The zero-order valence-electron chi connectivity index (χ0n) is 16.9. The molecule has 0 saturated heterocycles. The molecule has 0 aliphatic carbocycles. The summed E-state index contributed by atoms with van der Waals surface area (Å²) in [6, 6.07) is 17.2. The Bertz CT molecular complexity index is 1130. The number of ether oxygens (including phenoxy) is 2. The first-order valence-corrected chi connectivity index (χ1v) is 9.58. The summed E-state index contributed by atoms with van der Waals surface area (Å²) < 4.78 is 11.1. The van der Waals surface area contributed by atoms with E-state index in [1.165, 1.54) is 0 Å². The standard InChI is InChI=1S/C22H24N6O2/c1-28(12-13-29-2)17-8-6-16(7-9-17)25-22-26-20-19(10-11-24-20)21(27-22)30-18-5-3-4-15(23)14-18/h3-11,14H,12-13,23H2,1-2H3,(H2,24,25,26,27). The van der Waals surface area contributed by atoms with Gasteiger partial charge in [0.2, 0.25) is 11.8 Å². The molecule has 0 aliphatic heterocycles. The second kappa shape index (κ2) is 8.71. The van der Waals surface area contributed by atoms with E-state index in [1.54, 1.807) is 19.4 Å². The molecular formula is C22H24N6O2. The van der Waals surface area contributed by atoms with Crippen molar-refractivity contribution in [2.75, 3.05) is 43.3 Å². The highest BCUT2D eigenvalue weighted by Gasteiger charge is 2.12. The van der Waals surface area contributed by atoms with Gasteiger partial charge in [0.15, 0.2) is 0 Å². The predicted octanol–water partition coefficient (Wildman–Crippen LogP) is 4.16. The van der Waals surface area contributed by atoms with Crippen LogP contribution in [0.1, 0.15) is 0 Å². The van der Waals surface area contributed by atoms with Gasteiger partial charge >= 0.3 is 0 Å². The van der Waals surface area contributed by atoms with E-state index in [4.69, 9.17) is 15.2 Å². The van der Waals surface area contributed by atoms with Crippen LogP contribution in [-0.4, -0.2) is 42.3 Å². The minimum atomic E-state index is 0.435. The molecule has 4 rings (SSSR count). The molecule has 0 unspecified atom stereocenters. The molecule has 0 spiro atoms. The molecule has 0 saturated carbocycles. The third-order valence-corrected chi connectivity index (χ3v) is 4.65. The van der Waals surface area contributed by atoms with E-state index < -0.39 is 0 Å². The average Bonchev–Trinajstić information content (AvgIpc) is 3.21. The molecule has 0 aliphatic rings. The fraction of sp³-hybridized carbons (Fsp3) is 0.182. The summed E-state index contributed by atoms with van der Waals surface area (Å²) in [5.41, 5.74) is 9.14. The number of hydrogen-bond donors (Lipinski definition) is 3. The molecule has 0 bridgehead atoms. The van der Waals surface area contributed by atoms with Gasteiger partial charge in [0, 0.05) is 50.0 Å². The molecule has 30 heavy (non-hydrogen) atoms. The fourth-order valence-electron chi connectivity index (χ4n) is 3.02. The lowest BCUT2D eigenvalue weighted by atomic mass is 10.2. The Hall–Kier alpha value is -3.78. The molecule has 0 fully saturated rings. The number of nitrogens with one attached hydrogen (secondary N) is 2. The minimum Gasteiger partial charge on any atom is -0.438 e. The molecule has 8 nitrogen and oxygen atoms in total. The first kappa shape index (κ1) is 19.5. The molecule has 154 valence electrons. The molecule has 2 aromatic carbocycles. The Morgan fingerprint density at radius 3 is 2.70 bits per heavy atom. The van der Waals surface area contributed by atoms with Gasteiger partial charge in [-0.2, -0.15) is 9.97 Å². The summed E-state index contributed by atoms with van der Waals surface area (Å²) in [6.07, 6.45) is 1.81. The van der Waals surface area contributed by atoms with Gasteiger partial charge < -0.3 is 30.4 Å². The van der Waals surface area contributed by atoms with Crippen molar-refractivity contribution in [3.8, 4) is 11.6 Å². The number of nitrogens with zero attached hydrogens (tertiary/aromatic N) is 3. The van der Waals surface area contributed by atoms with Crippen LogP contribution in [0.25, 0.3) is 11.0 Å². The average molecular weight is 404 g/mol. The van der Waals surface area contributed by atoms with Crippen molar-refractivity contribution >= 4 is 34.0 Å². The van der Waals surface area contributed by atoms with Crippen molar-refractivity contribution in [1.82, 2.24) is 15.0 Å². The zero-order chi connectivity index (χ0) is 20.9. The lowest BCUT2D eigenvalue weighted by molar-refractivity contribution is 0.206. The molecule has 4 N–H and O–H groups in total. The lowest BCUT2D eigenvalue weighted by Gasteiger charge is -2.19. The molecule has 0 amide bonds. The largest absolute Gasteiger partial charge is 0.438 e. The Morgan fingerprint density at radius 1 is 1.10 bits per heavy atom. The van der Waals surface area contributed by atoms with Crippen molar-refractivity contribution in [3.63, 3.8) is 0 Å². The van der Waals surface area contributed by atoms with E-state index in [0.717, 1.165) is 23.3 Å². The quantitative estimate of drug-likeness (QED) is 0.379. The van der Waals surface area contributed by atoms with Crippen molar-refractivity contribution in [1.29, 1.82) is 0 Å². The molecule has 4 aromatic rings. The zero-order valence-corrected chi connectivity index (χ0v) is 16.9. The van der Waals surface area contributed by atoms with Gasteiger partial charge in [-0.3, -0.25) is 0 Å². The van der Waals surface area contributed by atoms with Crippen LogP contribution in [0.5, 0.6) is 11.6 Å². The number of benzene rings is 2. The van der Waals surface area contributed by atoms with Crippen LogP contribution in [0.4, 0.5) is 23.0 Å². The number of nitrogens with two attached hydrogens (primary N) is 1. The Kier molecular flexibility index (Phi) is 5.67. The van der Waals surface area contributed by atoms with Gasteiger partial charge in [0.1, 0.15) is 11.4 Å². The van der Waals surface area contributed by atoms with Crippen LogP contribution in [0.15, 0.2) is 60.8 Å². The lowest BCUT2D eigenvalue weighted by Crippen LogP contribution is -2.21. The summed E-state index contributed by atoms with van der Waals surface area (Å²) in [7, 11) is 3.73. The third kappa shape index (κ3) is 4.44. The van der Waals surface area contributed by atoms with Gasteiger partial charge in [-0.25, -0.2) is 0 Å². The fourth-order valence-corrected chi connectivity index (χ4v) is 3.02. The molecule has 8 heteroatoms. The highest BCUT2D eigenvalue weighted by molar-refractivity contribution is 5.82. The predicted molar refractivity (Wildman–Crippen MR) is 120 cm³/mol. The van der Waals surface area contributed by atoms with Crippen LogP contribution < -0.4 is 20.7 Å². The summed E-state index contributed by atoms with van der Waals surface area (Å²) in [4.78, 5) is 14.3. The van der Waals surface area contributed by atoms with Gasteiger partial charge in [0.05, 0.1) is 12.0 Å². The smallest absolute Gasteiger partial charge is 0.233 e. The molecule has 2 heterocycles. The maximum absolute atomic E-state index is 5.99. The van der Waals surface area contributed by atoms with E-state index in [2.05, 4.69) is 25.2 Å². The maximum atomic E-state index is 5.99.